The lowest BCUT2D eigenvalue weighted by Crippen LogP contribution is -2.31. The molecule has 1 fully saturated rings. The van der Waals surface area contributed by atoms with Crippen molar-refractivity contribution >= 4 is 40.1 Å². The molecule has 2 aromatic rings. The van der Waals surface area contributed by atoms with Gasteiger partial charge in [-0.15, -0.1) is 0 Å². The summed E-state index contributed by atoms with van der Waals surface area (Å²) in [6.07, 6.45) is 3.51. The van der Waals surface area contributed by atoms with Gasteiger partial charge in [-0.25, -0.2) is 0 Å². The number of likely N-dealkylation sites (tertiary alicyclic amines) is 1. The van der Waals surface area contributed by atoms with Gasteiger partial charge in [-0.3, -0.25) is 14.4 Å². The van der Waals surface area contributed by atoms with Crippen LogP contribution in [0, 0.1) is 3.57 Å². The van der Waals surface area contributed by atoms with Crippen molar-refractivity contribution in [1.29, 1.82) is 0 Å². The fourth-order valence-corrected chi connectivity index (χ4v) is 3.49. The monoisotopic (exact) mass is 451 g/mol. The summed E-state index contributed by atoms with van der Waals surface area (Å²) in [5, 5.41) is 2.65. The molecule has 25 heavy (non-hydrogen) atoms. The molecule has 1 aliphatic heterocycles. The van der Waals surface area contributed by atoms with Crippen molar-refractivity contribution in [2.45, 2.75) is 12.8 Å². The Balaban J connectivity index is 1.91. The van der Waals surface area contributed by atoms with E-state index in [4.69, 9.17) is 0 Å². The first kappa shape index (κ1) is 17.7. The maximum Gasteiger partial charge on any atom is 0.274 e. The van der Waals surface area contributed by atoms with Gasteiger partial charge in [-0.1, -0.05) is 12.1 Å². The number of hydrogen-bond acceptors (Lipinski definition) is 3. The van der Waals surface area contributed by atoms with Gasteiger partial charge in [-0.2, -0.15) is 0 Å². The molecule has 2 heterocycles. The molecule has 0 saturated carbocycles. The molecule has 0 bridgehead atoms. The number of hydrogen-bond donors (Lipinski definition) is 1. The first-order valence-electron chi connectivity index (χ1n) is 8.03. The zero-order valence-electron chi connectivity index (χ0n) is 13.8. The lowest BCUT2D eigenvalue weighted by molar-refractivity contribution is 0.0791. The van der Waals surface area contributed by atoms with Crippen LogP contribution in [0.3, 0.4) is 0 Å². The smallest absolute Gasteiger partial charge is 0.274 e. The molecule has 6 nitrogen and oxygen atoms in total. The van der Waals surface area contributed by atoms with Crippen LogP contribution in [0.15, 0.2) is 41.3 Å². The fourth-order valence-electron chi connectivity index (χ4n) is 2.86. The maximum absolute atomic E-state index is 12.6. The molecule has 1 saturated heterocycles. The van der Waals surface area contributed by atoms with E-state index in [1.54, 1.807) is 24.1 Å². The minimum absolute atomic E-state index is 0.109. The lowest BCUT2D eigenvalue weighted by atomic mass is 10.2. The van der Waals surface area contributed by atoms with Gasteiger partial charge in [-0.05, 0) is 53.6 Å². The number of anilines is 1. The Morgan fingerprint density at radius 1 is 1.16 bits per heavy atom. The summed E-state index contributed by atoms with van der Waals surface area (Å²) in [5.41, 5.74) is 0.651. The highest BCUT2D eigenvalue weighted by Gasteiger charge is 2.21. The molecule has 130 valence electrons. The van der Waals surface area contributed by atoms with Crippen molar-refractivity contribution in [3.63, 3.8) is 0 Å². The molecular formula is C18H18IN3O3. The highest BCUT2D eigenvalue weighted by atomic mass is 127. The van der Waals surface area contributed by atoms with E-state index >= 15 is 0 Å². The van der Waals surface area contributed by atoms with Crippen LogP contribution >= 0.6 is 22.6 Å². The fraction of sp³-hybridized carbons (Fsp3) is 0.278. The Hall–Kier alpha value is -2.16. The molecular weight excluding hydrogens is 433 g/mol. The zero-order chi connectivity index (χ0) is 18.0. The first-order valence-corrected chi connectivity index (χ1v) is 9.11. The third-order valence-electron chi connectivity index (χ3n) is 4.19. The number of nitrogens with one attached hydrogen (secondary N) is 1. The van der Waals surface area contributed by atoms with E-state index in [0.717, 1.165) is 29.5 Å². The molecule has 0 unspecified atom stereocenters. The van der Waals surface area contributed by atoms with Crippen molar-refractivity contribution in [1.82, 2.24) is 9.47 Å². The Labute approximate surface area is 159 Å². The standard InChI is InChI=1S/C18H18IN3O3/c1-21-11-12(17(24)22-8-4-5-9-22)10-15(18(21)25)20-16(23)13-6-2-3-7-14(13)19/h2-3,6-7,10-11H,4-5,8-9H2,1H3,(H,20,23). The van der Waals surface area contributed by atoms with Crippen LogP contribution in [0.4, 0.5) is 5.69 Å². The number of carbonyl (C=O) groups is 2. The maximum atomic E-state index is 12.6. The van der Waals surface area contributed by atoms with E-state index in [1.165, 1.54) is 16.8 Å². The number of nitrogens with zero attached hydrogens (tertiary/aromatic N) is 2. The molecule has 0 aliphatic carbocycles. The summed E-state index contributed by atoms with van der Waals surface area (Å²) in [4.78, 5) is 39.2. The Kier molecular flexibility index (Phi) is 5.22. The molecule has 3 rings (SSSR count). The first-order chi connectivity index (χ1) is 12.0. The van der Waals surface area contributed by atoms with E-state index in [0.29, 0.717) is 11.1 Å². The number of rotatable bonds is 3. The number of carbonyl (C=O) groups excluding carboxylic acids is 2. The molecule has 7 heteroatoms. The third kappa shape index (κ3) is 3.76. The summed E-state index contributed by atoms with van der Waals surface area (Å²) in [6, 6.07) is 8.59. The second-order valence-electron chi connectivity index (χ2n) is 5.99. The normalized spacial score (nSPS) is 13.8. The van der Waals surface area contributed by atoms with Gasteiger partial charge in [0, 0.05) is 29.9 Å². The van der Waals surface area contributed by atoms with E-state index in [2.05, 4.69) is 27.9 Å². The van der Waals surface area contributed by atoms with E-state index in [9.17, 15) is 14.4 Å². The average molecular weight is 451 g/mol. The number of aromatic nitrogens is 1. The minimum atomic E-state index is -0.368. The van der Waals surface area contributed by atoms with Crippen LogP contribution in [0.1, 0.15) is 33.6 Å². The lowest BCUT2D eigenvalue weighted by Gasteiger charge is -2.16. The van der Waals surface area contributed by atoms with Gasteiger partial charge in [0.15, 0.2) is 0 Å². The van der Waals surface area contributed by atoms with Gasteiger partial charge < -0.3 is 14.8 Å². The second kappa shape index (κ2) is 7.38. The predicted molar refractivity (Wildman–Crippen MR) is 104 cm³/mol. The van der Waals surface area contributed by atoms with Crippen molar-refractivity contribution in [2.75, 3.05) is 18.4 Å². The largest absolute Gasteiger partial charge is 0.339 e. The highest BCUT2D eigenvalue weighted by molar-refractivity contribution is 14.1. The Morgan fingerprint density at radius 3 is 2.52 bits per heavy atom. The van der Waals surface area contributed by atoms with Gasteiger partial charge in [0.2, 0.25) is 0 Å². The predicted octanol–water partition coefficient (Wildman–Crippen LogP) is 2.48. The summed E-state index contributed by atoms with van der Waals surface area (Å²) >= 11 is 2.07. The Morgan fingerprint density at radius 2 is 1.84 bits per heavy atom. The van der Waals surface area contributed by atoms with Crippen molar-refractivity contribution < 1.29 is 9.59 Å². The third-order valence-corrected chi connectivity index (χ3v) is 5.13. The molecule has 0 atom stereocenters. The molecule has 1 aliphatic rings. The SMILES string of the molecule is Cn1cc(C(=O)N2CCCC2)cc(NC(=O)c2ccccc2I)c1=O. The zero-order valence-corrected chi connectivity index (χ0v) is 15.9. The number of pyridine rings is 1. The van der Waals surface area contributed by atoms with E-state index in [1.807, 2.05) is 12.1 Å². The summed E-state index contributed by atoms with van der Waals surface area (Å²) in [6.45, 7) is 1.46. The molecule has 0 spiro atoms. The van der Waals surface area contributed by atoms with Crippen LogP contribution in [0.2, 0.25) is 0 Å². The molecule has 1 aromatic carbocycles. The topological polar surface area (TPSA) is 71.4 Å². The quantitative estimate of drug-likeness (QED) is 0.730. The summed E-state index contributed by atoms with van der Waals surface area (Å²) in [7, 11) is 1.57. The summed E-state index contributed by atoms with van der Waals surface area (Å²) < 4.78 is 2.12. The van der Waals surface area contributed by atoms with Crippen LogP contribution in [0.25, 0.3) is 0 Å². The minimum Gasteiger partial charge on any atom is -0.339 e. The van der Waals surface area contributed by atoms with Crippen LogP contribution in [0.5, 0.6) is 0 Å². The van der Waals surface area contributed by atoms with Crippen LogP contribution in [-0.2, 0) is 7.05 Å². The highest BCUT2D eigenvalue weighted by Crippen LogP contribution is 2.16. The number of amides is 2. The molecule has 0 radical (unpaired) electrons. The van der Waals surface area contributed by atoms with Crippen molar-refractivity contribution in [3.05, 3.63) is 61.6 Å². The molecule has 1 aromatic heterocycles. The van der Waals surface area contributed by atoms with E-state index < -0.39 is 0 Å². The number of benzene rings is 1. The molecule has 2 amide bonds. The number of aryl methyl sites for hydroxylation is 1. The van der Waals surface area contributed by atoms with Gasteiger partial charge in [0.05, 0.1) is 11.1 Å². The molecule has 1 N–H and O–H groups in total. The summed E-state index contributed by atoms with van der Waals surface area (Å²) in [5.74, 6) is -0.481. The number of halogens is 1. The van der Waals surface area contributed by atoms with Crippen molar-refractivity contribution in [2.24, 2.45) is 7.05 Å². The van der Waals surface area contributed by atoms with Gasteiger partial charge in [0.25, 0.3) is 17.4 Å². The second-order valence-corrected chi connectivity index (χ2v) is 7.15. The Bertz CT molecular complexity index is 885. The van der Waals surface area contributed by atoms with Gasteiger partial charge in [0.1, 0.15) is 5.69 Å². The van der Waals surface area contributed by atoms with Gasteiger partial charge >= 0.3 is 0 Å². The van der Waals surface area contributed by atoms with Crippen molar-refractivity contribution in [3.8, 4) is 0 Å². The van der Waals surface area contributed by atoms with Crippen LogP contribution < -0.4 is 10.9 Å². The van der Waals surface area contributed by atoms with Crippen LogP contribution in [-0.4, -0.2) is 34.4 Å². The average Bonchev–Trinajstić information content (AvgIpc) is 3.13. The van der Waals surface area contributed by atoms with E-state index in [-0.39, 0.29) is 23.1 Å².